The summed E-state index contributed by atoms with van der Waals surface area (Å²) in [5.74, 6) is 0.109. The third-order valence-electron chi connectivity index (χ3n) is 4.05. The lowest BCUT2D eigenvalue weighted by atomic mass is 10.1. The summed E-state index contributed by atoms with van der Waals surface area (Å²) >= 11 is 0. The van der Waals surface area contributed by atoms with Crippen molar-refractivity contribution in [2.45, 2.75) is 26.3 Å². The van der Waals surface area contributed by atoms with Gasteiger partial charge in [0.25, 0.3) is 0 Å². The van der Waals surface area contributed by atoms with Crippen LogP contribution in [-0.4, -0.2) is 55.6 Å². The molecule has 2 rings (SSSR count). The molecular weight excluding hydrogens is 316 g/mol. The second-order valence-corrected chi connectivity index (χ2v) is 8.03. The van der Waals surface area contributed by atoms with Gasteiger partial charge >= 0.3 is 0 Å². The van der Waals surface area contributed by atoms with E-state index in [0.29, 0.717) is 24.2 Å². The van der Waals surface area contributed by atoms with E-state index >= 15 is 0 Å². The highest BCUT2D eigenvalue weighted by Gasteiger charge is 2.32. The van der Waals surface area contributed by atoms with Crippen LogP contribution in [0.4, 0.5) is 5.69 Å². The summed E-state index contributed by atoms with van der Waals surface area (Å²) in [6, 6.07) is 6.62. The van der Waals surface area contributed by atoms with Crippen molar-refractivity contribution in [1.29, 1.82) is 0 Å². The van der Waals surface area contributed by atoms with Gasteiger partial charge in [0.1, 0.15) is 0 Å². The summed E-state index contributed by atoms with van der Waals surface area (Å²) in [4.78, 5) is 25.3. The molecule has 0 radical (unpaired) electrons. The standard InChI is InChI=1S/C16H22N2O4S/c1-3-18(15-8-9-23(21,22)11-15)10-16(20)17-14-6-4-13(5-7-14)12(2)19/h4-7,15H,3,8-11H2,1-2H3,(H,17,20). The maximum absolute atomic E-state index is 12.1. The average molecular weight is 338 g/mol. The summed E-state index contributed by atoms with van der Waals surface area (Å²) in [6.07, 6.45) is 0.580. The molecule has 0 aromatic heterocycles. The van der Waals surface area contributed by atoms with Crippen LogP contribution in [0.3, 0.4) is 0 Å². The second-order valence-electron chi connectivity index (χ2n) is 5.80. The van der Waals surface area contributed by atoms with Crippen LogP contribution in [-0.2, 0) is 14.6 Å². The van der Waals surface area contributed by atoms with Crippen LogP contribution in [0, 0.1) is 0 Å². The number of sulfone groups is 1. The molecule has 1 N–H and O–H groups in total. The summed E-state index contributed by atoms with van der Waals surface area (Å²) in [5, 5.41) is 2.78. The van der Waals surface area contributed by atoms with Crippen LogP contribution in [0.1, 0.15) is 30.6 Å². The Morgan fingerprint density at radius 1 is 1.26 bits per heavy atom. The van der Waals surface area contributed by atoms with Crippen LogP contribution in [0.15, 0.2) is 24.3 Å². The minimum absolute atomic E-state index is 0.0255. The molecule has 6 nitrogen and oxygen atoms in total. The molecule has 0 spiro atoms. The normalized spacial score (nSPS) is 19.7. The Balaban J connectivity index is 1.93. The van der Waals surface area contributed by atoms with E-state index in [1.54, 1.807) is 24.3 Å². The van der Waals surface area contributed by atoms with Crippen LogP contribution in [0.2, 0.25) is 0 Å². The van der Waals surface area contributed by atoms with E-state index in [0.717, 1.165) is 0 Å². The molecule has 1 amide bonds. The second kappa shape index (κ2) is 7.23. The number of nitrogens with one attached hydrogen (secondary N) is 1. The number of rotatable bonds is 6. The largest absolute Gasteiger partial charge is 0.325 e. The van der Waals surface area contributed by atoms with Crippen molar-refractivity contribution in [2.24, 2.45) is 0 Å². The highest BCUT2D eigenvalue weighted by molar-refractivity contribution is 7.91. The summed E-state index contributed by atoms with van der Waals surface area (Å²) in [5.41, 5.74) is 1.21. The lowest BCUT2D eigenvalue weighted by Gasteiger charge is -2.25. The Kier molecular flexibility index (Phi) is 5.54. The van der Waals surface area contributed by atoms with Crippen LogP contribution in [0.25, 0.3) is 0 Å². The van der Waals surface area contributed by atoms with Crippen LogP contribution >= 0.6 is 0 Å². The molecule has 1 saturated heterocycles. The quantitative estimate of drug-likeness (QED) is 0.791. The first-order chi connectivity index (χ1) is 10.8. The monoisotopic (exact) mass is 338 g/mol. The van der Waals surface area contributed by atoms with Gasteiger partial charge in [0.15, 0.2) is 15.6 Å². The maximum Gasteiger partial charge on any atom is 0.238 e. The number of ketones is 1. The van der Waals surface area contributed by atoms with Gasteiger partial charge in [-0.3, -0.25) is 14.5 Å². The highest BCUT2D eigenvalue weighted by Crippen LogP contribution is 2.17. The molecule has 7 heteroatoms. The average Bonchev–Trinajstić information content (AvgIpc) is 2.85. The van der Waals surface area contributed by atoms with Crippen molar-refractivity contribution in [3.63, 3.8) is 0 Å². The fraction of sp³-hybridized carbons (Fsp3) is 0.500. The zero-order valence-electron chi connectivity index (χ0n) is 13.4. The van der Waals surface area contributed by atoms with Gasteiger partial charge in [0.2, 0.25) is 5.91 Å². The SMILES string of the molecule is CCN(CC(=O)Nc1ccc(C(C)=O)cc1)C1CCS(=O)(=O)C1. The number of Topliss-reactive ketones (excluding diaryl/α,β-unsaturated/α-hetero) is 1. The lowest BCUT2D eigenvalue weighted by molar-refractivity contribution is -0.117. The minimum atomic E-state index is -2.96. The predicted octanol–water partition coefficient (Wildman–Crippen LogP) is 1.34. The predicted molar refractivity (Wildman–Crippen MR) is 89.4 cm³/mol. The lowest BCUT2D eigenvalue weighted by Crippen LogP contribution is -2.41. The van der Waals surface area contributed by atoms with Crippen molar-refractivity contribution in [3.8, 4) is 0 Å². The number of hydrogen-bond donors (Lipinski definition) is 1. The Labute approximate surface area is 136 Å². The van der Waals surface area contributed by atoms with Crippen molar-refractivity contribution in [2.75, 3.05) is 29.9 Å². The number of hydrogen-bond acceptors (Lipinski definition) is 5. The van der Waals surface area contributed by atoms with E-state index in [1.807, 2.05) is 11.8 Å². The van der Waals surface area contributed by atoms with Gasteiger partial charge in [-0.2, -0.15) is 0 Å². The molecule has 1 unspecified atom stereocenters. The van der Waals surface area contributed by atoms with Gasteiger partial charge in [0.05, 0.1) is 18.1 Å². The molecule has 1 aromatic carbocycles. The fourth-order valence-corrected chi connectivity index (χ4v) is 4.50. The molecule has 1 aliphatic rings. The van der Waals surface area contributed by atoms with Crippen molar-refractivity contribution >= 4 is 27.2 Å². The molecular formula is C16H22N2O4S. The van der Waals surface area contributed by atoms with Crippen LogP contribution in [0.5, 0.6) is 0 Å². The van der Waals surface area contributed by atoms with E-state index in [4.69, 9.17) is 0 Å². The van der Waals surface area contributed by atoms with Crippen LogP contribution < -0.4 is 5.32 Å². The molecule has 0 aliphatic carbocycles. The molecule has 1 aromatic rings. The summed E-state index contributed by atoms with van der Waals surface area (Å²) in [6.45, 7) is 4.18. The van der Waals surface area contributed by atoms with E-state index in [1.165, 1.54) is 6.92 Å². The number of nitrogens with zero attached hydrogens (tertiary/aromatic N) is 1. The molecule has 23 heavy (non-hydrogen) atoms. The molecule has 0 bridgehead atoms. The topological polar surface area (TPSA) is 83.6 Å². The number of benzene rings is 1. The smallest absolute Gasteiger partial charge is 0.238 e. The Bertz CT molecular complexity index is 683. The first kappa shape index (κ1) is 17.6. The number of carbonyl (C=O) groups excluding carboxylic acids is 2. The van der Waals surface area contributed by atoms with E-state index in [-0.39, 0.29) is 35.8 Å². The van der Waals surface area contributed by atoms with Gasteiger partial charge in [-0.1, -0.05) is 6.92 Å². The number of anilines is 1. The van der Waals surface area contributed by atoms with E-state index in [2.05, 4.69) is 5.32 Å². The van der Waals surface area contributed by atoms with Gasteiger partial charge in [-0.05, 0) is 44.2 Å². The van der Waals surface area contributed by atoms with E-state index < -0.39 is 9.84 Å². The Morgan fingerprint density at radius 3 is 2.39 bits per heavy atom. The van der Waals surface area contributed by atoms with Crippen molar-refractivity contribution < 1.29 is 18.0 Å². The summed E-state index contributed by atoms with van der Waals surface area (Å²) in [7, 11) is -2.96. The molecule has 1 atom stereocenters. The van der Waals surface area contributed by atoms with Crippen molar-refractivity contribution in [1.82, 2.24) is 4.90 Å². The number of carbonyl (C=O) groups is 2. The fourth-order valence-electron chi connectivity index (χ4n) is 2.74. The Hall–Kier alpha value is -1.73. The van der Waals surface area contributed by atoms with E-state index in [9.17, 15) is 18.0 Å². The Morgan fingerprint density at radius 2 is 1.91 bits per heavy atom. The van der Waals surface area contributed by atoms with Gasteiger partial charge in [-0.25, -0.2) is 8.42 Å². The highest BCUT2D eigenvalue weighted by atomic mass is 32.2. The first-order valence-electron chi connectivity index (χ1n) is 7.66. The zero-order valence-corrected chi connectivity index (χ0v) is 14.2. The molecule has 1 fully saturated rings. The zero-order chi connectivity index (χ0) is 17.0. The minimum Gasteiger partial charge on any atom is -0.325 e. The third-order valence-corrected chi connectivity index (χ3v) is 5.80. The molecule has 126 valence electrons. The molecule has 1 aliphatic heterocycles. The summed E-state index contributed by atoms with van der Waals surface area (Å²) < 4.78 is 23.1. The number of likely N-dealkylation sites (N-methyl/N-ethyl adjacent to an activating group) is 1. The third kappa shape index (κ3) is 4.87. The van der Waals surface area contributed by atoms with Gasteiger partial charge in [0, 0.05) is 17.3 Å². The molecule has 0 saturated carbocycles. The van der Waals surface area contributed by atoms with Gasteiger partial charge < -0.3 is 5.32 Å². The first-order valence-corrected chi connectivity index (χ1v) is 9.48. The molecule has 1 heterocycles. The van der Waals surface area contributed by atoms with Crippen molar-refractivity contribution in [3.05, 3.63) is 29.8 Å². The number of amides is 1. The van der Waals surface area contributed by atoms with Gasteiger partial charge in [-0.15, -0.1) is 0 Å². The maximum atomic E-state index is 12.1.